The van der Waals surface area contributed by atoms with Crippen molar-refractivity contribution in [1.82, 2.24) is 9.97 Å². The predicted octanol–water partition coefficient (Wildman–Crippen LogP) is 0.169. The van der Waals surface area contributed by atoms with Crippen molar-refractivity contribution in [2.24, 2.45) is 0 Å². The van der Waals surface area contributed by atoms with Gasteiger partial charge in [0.05, 0.1) is 30.7 Å². The van der Waals surface area contributed by atoms with Gasteiger partial charge in [-0.2, -0.15) is 0 Å². The maximum absolute atomic E-state index is 11.2. The zero-order valence-corrected chi connectivity index (χ0v) is 10.9. The number of carbonyl (C=O) groups is 1. The van der Waals surface area contributed by atoms with Crippen LogP contribution in [-0.4, -0.2) is 39.4 Å². The van der Waals surface area contributed by atoms with Crippen molar-refractivity contribution in [1.29, 1.82) is 0 Å². The standard InChI is InChI=1S/C13H15N3O4/c1-20-10(18)6-9(17)13(19)11-7(14)2-3-8-12(11)16-5-4-15-8/h2-5,9,13,17,19H,6,14H2,1H3. The molecule has 0 aliphatic heterocycles. The van der Waals surface area contributed by atoms with Crippen LogP contribution in [-0.2, 0) is 9.53 Å². The summed E-state index contributed by atoms with van der Waals surface area (Å²) in [4.78, 5) is 19.4. The number of aliphatic hydroxyl groups excluding tert-OH is 2. The number of nitrogens with zero attached hydrogens (tertiary/aromatic N) is 2. The van der Waals surface area contributed by atoms with Crippen LogP contribution in [0.2, 0.25) is 0 Å². The summed E-state index contributed by atoms with van der Waals surface area (Å²) in [6.45, 7) is 0. The molecule has 0 spiro atoms. The Kier molecular flexibility index (Phi) is 4.11. The number of carbonyl (C=O) groups excluding carboxylic acids is 1. The summed E-state index contributed by atoms with van der Waals surface area (Å²) >= 11 is 0. The highest BCUT2D eigenvalue weighted by molar-refractivity contribution is 5.83. The first kappa shape index (κ1) is 14.2. The topological polar surface area (TPSA) is 119 Å². The molecule has 2 rings (SSSR count). The fourth-order valence-corrected chi connectivity index (χ4v) is 1.94. The second-order valence-corrected chi connectivity index (χ2v) is 4.28. The summed E-state index contributed by atoms with van der Waals surface area (Å²) in [5.74, 6) is -0.624. The summed E-state index contributed by atoms with van der Waals surface area (Å²) in [5.41, 5.74) is 7.30. The minimum Gasteiger partial charge on any atom is -0.469 e. The SMILES string of the molecule is COC(=O)CC(O)C(O)c1c(N)ccc2nccnc12. The molecule has 2 atom stereocenters. The van der Waals surface area contributed by atoms with Gasteiger partial charge in [0.1, 0.15) is 6.10 Å². The van der Waals surface area contributed by atoms with E-state index in [0.717, 1.165) is 0 Å². The Morgan fingerprint density at radius 1 is 1.35 bits per heavy atom. The smallest absolute Gasteiger partial charge is 0.308 e. The molecule has 0 radical (unpaired) electrons. The first-order chi connectivity index (χ1) is 9.54. The number of aliphatic hydroxyl groups is 2. The number of methoxy groups -OCH3 is 1. The third-order valence-corrected chi connectivity index (χ3v) is 2.98. The second kappa shape index (κ2) is 5.81. The molecule has 0 fully saturated rings. The maximum Gasteiger partial charge on any atom is 0.308 e. The Morgan fingerprint density at radius 2 is 2.05 bits per heavy atom. The van der Waals surface area contributed by atoms with E-state index in [4.69, 9.17) is 5.73 Å². The molecule has 0 saturated carbocycles. The third-order valence-electron chi connectivity index (χ3n) is 2.98. The molecule has 0 aliphatic rings. The fraction of sp³-hybridized carbons (Fsp3) is 0.308. The largest absolute Gasteiger partial charge is 0.469 e. The van der Waals surface area contributed by atoms with E-state index in [1.165, 1.54) is 19.5 Å². The van der Waals surface area contributed by atoms with Crippen molar-refractivity contribution in [3.63, 3.8) is 0 Å². The van der Waals surface area contributed by atoms with E-state index in [0.29, 0.717) is 11.0 Å². The van der Waals surface area contributed by atoms with E-state index < -0.39 is 18.2 Å². The van der Waals surface area contributed by atoms with Gasteiger partial charge in [0.2, 0.25) is 0 Å². The maximum atomic E-state index is 11.2. The van der Waals surface area contributed by atoms with Crippen LogP contribution >= 0.6 is 0 Å². The molecule has 106 valence electrons. The fourth-order valence-electron chi connectivity index (χ4n) is 1.94. The molecule has 20 heavy (non-hydrogen) atoms. The zero-order valence-electron chi connectivity index (χ0n) is 10.9. The molecule has 2 aromatic rings. The van der Waals surface area contributed by atoms with Crippen LogP contribution in [0.25, 0.3) is 11.0 Å². The van der Waals surface area contributed by atoms with Gasteiger partial charge in [-0.3, -0.25) is 14.8 Å². The molecule has 7 nitrogen and oxygen atoms in total. The van der Waals surface area contributed by atoms with Crippen LogP contribution in [0.3, 0.4) is 0 Å². The van der Waals surface area contributed by atoms with Gasteiger partial charge in [0.15, 0.2) is 0 Å². The van der Waals surface area contributed by atoms with Gasteiger partial charge >= 0.3 is 5.97 Å². The molecule has 2 unspecified atom stereocenters. The Labute approximate surface area is 115 Å². The van der Waals surface area contributed by atoms with Gasteiger partial charge in [-0.25, -0.2) is 0 Å². The van der Waals surface area contributed by atoms with Gasteiger partial charge in [0.25, 0.3) is 0 Å². The van der Waals surface area contributed by atoms with E-state index in [1.807, 2.05) is 0 Å². The normalized spacial score (nSPS) is 13.9. The quantitative estimate of drug-likeness (QED) is 0.538. The van der Waals surface area contributed by atoms with Crippen molar-refractivity contribution >= 4 is 22.7 Å². The van der Waals surface area contributed by atoms with E-state index in [2.05, 4.69) is 14.7 Å². The summed E-state index contributed by atoms with van der Waals surface area (Å²) in [6, 6.07) is 3.24. The van der Waals surface area contributed by atoms with Crippen molar-refractivity contribution < 1.29 is 19.7 Å². The highest BCUT2D eigenvalue weighted by Gasteiger charge is 2.26. The van der Waals surface area contributed by atoms with E-state index in [9.17, 15) is 15.0 Å². The monoisotopic (exact) mass is 277 g/mol. The molecule has 7 heteroatoms. The lowest BCUT2D eigenvalue weighted by atomic mass is 9.98. The van der Waals surface area contributed by atoms with Gasteiger partial charge in [-0.15, -0.1) is 0 Å². The Hall–Kier alpha value is -2.25. The second-order valence-electron chi connectivity index (χ2n) is 4.28. The molecular weight excluding hydrogens is 262 g/mol. The van der Waals surface area contributed by atoms with Crippen molar-refractivity contribution in [2.75, 3.05) is 12.8 Å². The zero-order chi connectivity index (χ0) is 14.7. The van der Waals surface area contributed by atoms with Crippen LogP contribution < -0.4 is 5.73 Å². The number of anilines is 1. The lowest BCUT2D eigenvalue weighted by Crippen LogP contribution is -2.23. The molecular formula is C13H15N3O4. The molecule has 0 saturated heterocycles. The van der Waals surface area contributed by atoms with Crippen LogP contribution in [0.4, 0.5) is 5.69 Å². The first-order valence-corrected chi connectivity index (χ1v) is 5.96. The van der Waals surface area contributed by atoms with Gasteiger partial charge in [0, 0.05) is 23.6 Å². The Bertz CT molecular complexity index is 632. The highest BCUT2D eigenvalue weighted by Crippen LogP contribution is 2.30. The molecule has 1 aromatic heterocycles. The number of fused-ring (bicyclic) bond motifs is 1. The molecule has 0 aliphatic carbocycles. The summed E-state index contributed by atoms with van der Waals surface area (Å²) in [6.07, 6.45) is -0.0512. The number of nitrogen functional groups attached to an aromatic ring is 1. The number of benzene rings is 1. The first-order valence-electron chi connectivity index (χ1n) is 5.96. The predicted molar refractivity (Wildman–Crippen MR) is 71.6 cm³/mol. The summed E-state index contributed by atoms with van der Waals surface area (Å²) in [7, 11) is 1.21. The van der Waals surface area contributed by atoms with Crippen LogP contribution in [0.5, 0.6) is 0 Å². The Balaban J connectivity index is 2.41. The molecule has 0 amide bonds. The third kappa shape index (κ3) is 2.68. The van der Waals surface area contributed by atoms with E-state index >= 15 is 0 Å². The van der Waals surface area contributed by atoms with Crippen molar-refractivity contribution in [3.05, 3.63) is 30.1 Å². The average Bonchev–Trinajstić information content (AvgIpc) is 2.46. The number of ether oxygens (including phenoxy) is 1. The summed E-state index contributed by atoms with van der Waals surface area (Å²) in [5, 5.41) is 20.1. The molecule has 1 aromatic carbocycles. The Morgan fingerprint density at radius 3 is 2.75 bits per heavy atom. The van der Waals surface area contributed by atoms with E-state index in [1.54, 1.807) is 12.1 Å². The van der Waals surface area contributed by atoms with Crippen molar-refractivity contribution in [3.8, 4) is 0 Å². The lowest BCUT2D eigenvalue weighted by Gasteiger charge is -2.19. The number of rotatable bonds is 4. The number of aromatic nitrogens is 2. The highest BCUT2D eigenvalue weighted by atomic mass is 16.5. The van der Waals surface area contributed by atoms with Gasteiger partial charge < -0.3 is 20.7 Å². The van der Waals surface area contributed by atoms with E-state index in [-0.39, 0.29) is 17.7 Å². The minimum absolute atomic E-state index is 0.256. The summed E-state index contributed by atoms with van der Waals surface area (Å²) < 4.78 is 4.46. The minimum atomic E-state index is -1.35. The number of esters is 1. The van der Waals surface area contributed by atoms with Crippen LogP contribution in [0, 0.1) is 0 Å². The van der Waals surface area contributed by atoms with Crippen LogP contribution in [0.15, 0.2) is 24.5 Å². The average molecular weight is 277 g/mol. The van der Waals surface area contributed by atoms with Crippen LogP contribution in [0.1, 0.15) is 18.1 Å². The number of nitrogens with two attached hydrogens (primary N) is 1. The molecule has 4 N–H and O–H groups in total. The van der Waals surface area contributed by atoms with Gasteiger partial charge in [-0.05, 0) is 12.1 Å². The number of hydrogen-bond donors (Lipinski definition) is 3. The van der Waals surface area contributed by atoms with Gasteiger partial charge in [-0.1, -0.05) is 0 Å². The lowest BCUT2D eigenvalue weighted by molar-refractivity contribution is -0.144. The molecule has 1 heterocycles. The molecule has 0 bridgehead atoms. The number of hydrogen-bond acceptors (Lipinski definition) is 7. The van der Waals surface area contributed by atoms with Crippen molar-refractivity contribution in [2.45, 2.75) is 18.6 Å².